The zero-order chi connectivity index (χ0) is 24.9. The van der Waals surface area contributed by atoms with Crippen LogP contribution in [0.25, 0.3) is 10.9 Å². The summed E-state index contributed by atoms with van der Waals surface area (Å²) in [6, 6.07) is 1.98. The minimum absolute atomic E-state index is 0.0516. The van der Waals surface area contributed by atoms with Gasteiger partial charge in [0.25, 0.3) is 11.1 Å². The van der Waals surface area contributed by atoms with Gasteiger partial charge in [0.15, 0.2) is 6.23 Å². The maximum absolute atomic E-state index is 12.8. The lowest BCUT2D eigenvalue weighted by Gasteiger charge is -2.59. The second-order valence-corrected chi connectivity index (χ2v) is 11.4. The van der Waals surface area contributed by atoms with Gasteiger partial charge in [-0.15, -0.1) is 0 Å². The van der Waals surface area contributed by atoms with E-state index in [0.29, 0.717) is 23.5 Å². The molecule has 0 amide bonds. The lowest BCUT2D eigenvalue weighted by Crippen LogP contribution is -2.62. The first-order chi connectivity index (χ1) is 17.4. The minimum atomic E-state index is -0.293. The molecule has 3 aliphatic rings. The lowest BCUT2D eigenvalue weighted by molar-refractivity contribution is -0.0979. The number of rotatable bonds is 7. The zero-order valence-electron chi connectivity index (χ0n) is 20.7. The van der Waals surface area contributed by atoms with Crippen molar-refractivity contribution >= 4 is 22.5 Å². The van der Waals surface area contributed by atoms with Gasteiger partial charge in [0.2, 0.25) is 0 Å². The van der Waals surface area contributed by atoms with Gasteiger partial charge in [-0.1, -0.05) is 11.6 Å². The number of halogens is 1. The highest BCUT2D eigenvalue weighted by atomic mass is 35.5. The summed E-state index contributed by atoms with van der Waals surface area (Å²) >= 11 is 6.41. The summed E-state index contributed by atoms with van der Waals surface area (Å²) in [7, 11) is 1.82. The number of hydrogen-bond acceptors (Lipinski definition) is 6. The Bertz CT molecular complexity index is 1370. The number of aryl methyl sites for hydroxylation is 2. The molecule has 5 heterocycles. The number of nitrogens with zero attached hydrogens (tertiary/aromatic N) is 6. The van der Waals surface area contributed by atoms with E-state index >= 15 is 0 Å². The van der Waals surface area contributed by atoms with E-state index in [0.717, 1.165) is 69.2 Å². The summed E-state index contributed by atoms with van der Waals surface area (Å²) in [5.74, 6) is 0.556. The molecule has 1 atom stereocenters. The van der Waals surface area contributed by atoms with Crippen molar-refractivity contribution in [2.24, 2.45) is 18.4 Å². The maximum atomic E-state index is 12.8. The normalized spacial score (nSPS) is 22.1. The molecule has 9 nitrogen and oxygen atoms in total. The summed E-state index contributed by atoms with van der Waals surface area (Å²) in [5.41, 5.74) is 1.73. The zero-order valence-corrected chi connectivity index (χ0v) is 21.5. The van der Waals surface area contributed by atoms with E-state index in [1.54, 1.807) is 17.1 Å². The number of hydrogen-bond donors (Lipinski definition) is 0. The minimum Gasteiger partial charge on any atom is -0.356 e. The van der Waals surface area contributed by atoms with Gasteiger partial charge >= 0.3 is 0 Å². The standard InChI is InChI=1S/C26H33ClN6O3/c1-30-23-20(14-28-30)7-9-32(25(23)35)15-18-11-26(12-18)16-31(17-26)8-4-5-19-13-29-33(24(34)22(19)27)21-6-2-3-10-36-21/h7,9,13-14,18,21H,2-6,8,10-12,15-17H2,1H3. The van der Waals surface area contributed by atoms with Crippen LogP contribution in [0.2, 0.25) is 5.02 Å². The molecule has 0 N–H and O–H groups in total. The third kappa shape index (κ3) is 4.31. The summed E-state index contributed by atoms with van der Waals surface area (Å²) < 4.78 is 10.6. The number of pyridine rings is 1. The number of ether oxygens (including phenoxy) is 1. The number of aromatic nitrogens is 5. The lowest BCUT2D eigenvalue weighted by atomic mass is 9.57. The highest BCUT2D eigenvalue weighted by Crippen LogP contribution is 2.52. The molecule has 6 rings (SSSR count). The highest BCUT2D eigenvalue weighted by molar-refractivity contribution is 6.31. The molecule has 1 aliphatic carbocycles. The second-order valence-electron chi connectivity index (χ2n) is 11.0. The maximum Gasteiger partial charge on any atom is 0.288 e. The molecule has 192 valence electrons. The fraction of sp³-hybridized carbons (Fsp3) is 0.615. The van der Waals surface area contributed by atoms with Crippen LogP contribution in [-0.4, -0.2) is 55.3 Å². The molecule has 36 heavy (non-hydrogen) atoms. The SMILES string of the molecule is Cn1ncc2ccn(CC3CC4(C3)CN(CCCc3cnn(C5CCCCO5)c(=O)c3Cl)C4)c(=O)c21. The van der Waals surface area contributed by atoms with Crippen LogP contribution in [-0.2, 0) is 24.8 Å². The average Bonchev–Trinajstić information content (AvgIpc) is 3.22. The van der Waals surface area contributed by atoms with Crippen molar-refractivity contribution in [1.29, 1.82) is 0 Å². The van der Waals surface area contributed by atoms with Crippen LogP contribution >= 0.6 is 11.6 Å². The van der Waals surface area contributed by atoms with Gasteiger partial charge in [0, 0.05) is 44.9 Å². The Hall–Kier alpha value is -2.49. The summed E-state index contributed by atoms with van der Waals surface area (Å²) in [6.07, 6.45) is 12.0. The molecule has 0 aromatic carbocycles. The quantitative estimate of drug-likeness (QED) is 0.483. The molecule has 3 aromatic rings. The van der Waals surface area contributed by atoms with Crippen molar-refractivity contribution in [2.45, 2.75) is 57.7 Å². The van der Waals surface area contributed by atoms with Gasteiger partial charge in [-0.2, -0.15) is 14.9 Å². The Morgan fingerprint density at radius 1 is 1.14 bits per heavy atom. The van der Waals surface area contributed by atoms with Crippen molar-refractivity contribution < 1.29 is 4.74 Å². The monoisotopic (exact) mass is 512 g/mol. The van der Waals surface area contributed by atoms with Crippen molar-refractivity contribution in [1.82, 2.24) is 29.0 Å². The highest BCUT2D eigenvalue weighted by Gasteiger charge is 2.51. The van der Waals surface area contributed by atoms with E-state index in [2.05, 4.69) is 15.1 Å². The molecular weight excluding hydrogens is 480 g/mol. The third-order valence-corrected chi connectivity index (χ3v) is 8.65. The van der Waals surface area contributed by atoms with Gasteiger partial charge in [-0.05, 0) is 74.5 Å². The smallest absolute Gasteiger partial charge is 0.288 e. The van der Waals surface area contributed by atoms with Crippen molar-refractivity contribution in [3.63, 3.8) is 0 Å². The van der Waals surface area contributed by atoms with Crippen molar-refractivity contribution in [3.8, 4) is 0 Å². The summed E-state index contributed by atoms with van der Waals surface area (Å²) in [4.78, 5) is 28.0. The fourth-order valence-electron chi connectivity index (χ4n) is 6.52. The molecule has 3 fully saturated rings. The van der Waals surface area contributed by atoms with Crippen LogP contribution in [0, 0.1) is 11.3 Å². The Labute approximate surface area is 214 Å². The Morgan fingerprint density at radius 3 is 2.75 bits per heavy atom. The number of likely N-dealkylation sites (tertiary alicyclic amines) is 1. The molecule has 1 unspecified atom stereocenters. The fourth-order valence-corrected chi connectivity index (χ4v) is 6.75. The van der Waals surface area contributed by atoms with Crippen LogP contribution < -0.4 is 11.1 Å². The van der Waals surface area contributed by atoms with E-state index in [4.69, 9.17) is 16.3 Å². The molecule has 0 bridgehead atoms. The second kappa shape index (κ2) is 9.43. The van der Waals surface area contributed by atoms with Crippen LogP contribution in [0.1, 0.15) is 50.3 Å². The summed E-state index contributed by atoms with van der Waals surface area (Å²) in [6.45, 7) is 4.67. The Kier molecular flexibility index (Phi) is 6.25. The molecule has 1 spiro atoms. The van der Waals surface area contributed by atoms with Crippen LogP contribution in [0.3, 0.4) is 0 Å². The van der Waals surface area contributed by atoms with Gasteiger partial charge in [-0.3, -0.25) is 14.3 Å². The number of fused-ring (bicyclic) bond motifs is 1. The van der Waals surface area contributed by atoms with Crippen LogP contribution in [0.4, 0.5) is 0 Å². The van der Waals surface area contributed by atoms with E-state index < -0.39 is 0 Å². The topological polar surface area (TPSA) is 87.2 Å². The molecular formula is C26H33ClN6O3. The Balaban J connectivity index is 0.965. The first-order valence-corrected chi connectivity index (χ1v) is 13.4. The molecule has 2 aliphatic heterocycles. The van der Waals surface area contributed by atoms with E-state index in [9.17, 15) is 9.59 Å². The molecule has 2 saturated heterocycles. The van der Waals surface area contributed by atoms with Gasteiger partial charge in [-0.25, -0.2) is 0 Å². The average molecular weight is 513 g/mol. The van der Waals surface area contributed by atoms with E-state index in [1.165, 1.54) is 17.5 Å². The molecule has 0 radical (unpaired) electrons. The van der Waals surface area contributed by atoms with Crippen LogP contribution in [0.15, 0.2) is 34.2 Å². The van der Waals surface area contributed by atoms with Gasteiger partial charge in [0.05, 0.1) is 12.4 Å². The molecule has 3 aromatic heterocycles. The largest absolute Gasteiger partial charge is 0.356 e. The van der Waals surface area contributed by atoms with E-state index in [-0.39, 0.29) is 22.4 Å². The van der Waals surface area contributed by atoms with Gasteiger partial charge < -0.3 is 14.2 Å². The van der Waals surface area contributed by atoms with Crippen molar-refractivity contribution in [3.05, 3.63) is 56.0 Å². The third-order valence-electron chi connectivity index (χ3n) is 8.25. The van der Waals surface area contributed by atoms with E-state index in [1.807, 2.05) is 23.9 Å². The molecule has 10 heteroatoms. The first kappa shape index (κ1) is 23.9. The predicted molar refractivity (Wildman–Crippen MR) is 137 cm³/mol. The first-order valence-electron chi connectivity index (χ1n) is 13.0. The van der Waals surface area contributed by atoms with Crippen molar-refractivity contribution in [2.75, 3.05) is 26.2 Å². The van der Waals surface area contributed by atoms with Gasteiger partial charge in [0.1, 0.15) is 10.5 Å². The Morgan fingerprint density at radius 2 is 1.97 bits per heavy atom. The molecule has 1 saturated carbocycles. The van der Waals surface area contributed by atoms with Crippen LogP contribution in [0.5, 0.6) is 0 Å². The predicted octanol–water partition coefficient (Wildman–Crippen LogP) is 2.99. The summed E-state index contributed by atoms with van der Waals surface area (Å²) in [5, 5.41) is 9.74.